The second-order valence-corrected chi connectivity index (χ2v) is 10.9. The Morgan fingerprint density at radius 1 is 1.17 bits per heavy atom. The lowest BCUT2D eigenvalue weighted by Crippen LogP contribution is -2.44. The molecule has 3 rings (SSSR count). The molecular formula is C24H31N3O6S2. The molecule has 9 nitrogen and oxygen atoms in total. The normalized spacial score (nSPS) is 15.3. The molecule has 0 aromatic heterocycles. The monoisotopic (exact) mass is 521 g/mol. The van der Waals surface area contributed by atoms with E-state index in [9.17, 15) is 18.0 Å². The molecule has 1 atom stereocenters. The zero-order valence-corrected chi connectivity index (χ0v) is 21.7. The van der Waals surface area contributed by atoms with E-state index in [1.54, 1.807) is 55.1 Å². The van der Waals surface area contributed by atoms with Crippen molar-refractivity contribution in [1.82, 2.24) is 9.62 Å². The maximum absolute atomic E-state index is 13.2. The van der Waals surface area contributed by atoms with Gasteiger partial charge in [-0.25, -0.2) is 8.42 Å². The number of para-hydroxylation sites is 1. The topological polar surface area (TPSA) is 114 Å². The van der Waals surface area contributed by atoms with Crippen LogP contribution in [0.3, 0.4) is 0 Å². The largest absolute Gasteiger partial charge is 0.496 e. The number of anilines is 1. The average Bonchev–Trinajstić information content (AvgIpc) is 2.87. The first-order chi connectivity index (χ1) is 16.8. The Morgan fingerprint density at radius 3 is 2.57 bits per heavy atom. The van der Waals surface area contributed by atoms with Gasteiger partial charge in [0.1, 0.15) is 11.8 Å². The molecule has 2 aromatic carbocycles. The molecule has 1 aliphatic rings. The van der Waals surface area contributed by atoms with Gasteiger partial charge < -0.3 is 20.1 Å². The predicted molar refractivity (Wildman–Crippen MR) is 137 cm³/mol. The Hall–Kier alpha value is -2.60. The van der Waals surface area contributed by atoms with Crippen LogP contribution in [0.2, 0.25) is 0 Å². The number of thioether (sulfide) groups is 1. The summed E-state index contributed by atoms with van der Waals surface area (Å²) in [5.41, 5.74) is 1.25. The van der Waals surface area contributed by atoms with Crippen LogP contribution in [0.25, 0.3) is 0 Å². The van der Waals surface area contributed by atoms with Crippen molar-refractivity contribution < 1.29 is 27.5 Å². The van der Waals surface area contributed by atoms with Gasteiger partial charge in [-0.2, -0.15) is 16.1 Å². The van der Waals surface area contributed by atoms with Gasteiger partial charge in [0.2, 0.25) is 15.9 Å². The smallest absolute Gasteiger partial charge is 0.255 e. The summed E-state index contributed by atoms with van der Waals surface area (Å²) in [5, 5.41) is 5.56. The first-order valence-corrected chi connectivity index (χ1v) is 14.0. The Kier molecular flexibility index (Phi) is 9.55. The molecule has 0 saturated carbocycles. The molecule has 0 bridgehead atoms. The highest BCUT2D eigenvalue weighted by Crippen LogP contribution is 2.25. The molecule has 1 aliphatic heterocycles. The Balaban J connectivity index is 1.79. The van der Waals surface area contributed by atoms with Crippen LogP contribution in [-0.4, -0.2) is 76.0 Å². The molecule has 11 heteroatoms. The van der Waals surface area contributed by atoms with E-state index < -0.39 is 27.9 Å². The molecule has 2 amide bonds. The summed E-state index contributed by atoms with van der Waals surface area (Å²) < 4.78 is 38.3. The van der Waals surface area contributed by atoms with Gasteiger partial charge in [-0.1, -0.05) is 18.2 Å². The first-order valence-electron chi connectivity index (χ1n) is 11.2. The Bertz CT molecular complexity index is 1150. The molecule has 0 aliphatic carbocycles. The third-order valence-corrected chi connectivity index (χ3v) is 8.31. The quantitative estimate of drug-likeness (QED) is 0.494. The highest BCUT2D eigenvalue weighted by molar-refractivity contribution is 7.98. The lowest BCUT2D eigenvalue weighted by molar-refractivity contribution is -0.118. The highest BCUT2D eigenvalue weighted by atomic mass is 32.2. The zero-order valence-electron chi connectivity index (χ0n) is 20.1. The number of morpholine rings is 1. The third kappa shape index (κ3) is 6.75. The maximum atomic E-state index is 13.2. The SMILES string of the molecule is COc1ccccc1C(=O)N[C@@H](CCSC)C(=O)Nc1ccc(C)c(S(=O)(=O)N2CCOCC2)c1. The number of ether oxygens (including phenoxy) is 2. The van der Waals surface area contributed by atoms with Gasteiger partial charge in [0, 0.05) is 18.8 Å². The number of sulfonamides is 1. The van der Waals surface area contributed by atoms with Gasteiger partial charge in [0.05, 0.1) is 30.8 Å². The van der Waals surface area contributed by atoms with Crippen LogP contribution < -0.4 is 15.4 Å². The van der Waals surface area contributed by atoms with E-state index in [1.165, 1.54) is 17.5 Å². The third-order valence-electron chi connectivity index (χ3n) is 5.63. The van der Waals surface area contributed by atoms with E-state index in [0.29, 0.717) is 48.0 Å². The van der Waals surface area contributed by atoms with E-state index in [2.05, 4.69) is 10.6 Å². The number of hydrogen-bond acceptors (Lipinski definition) is 7. The minimum atomic E-state index is -3.73. The summed E-state index contributed by atoms with van der Waals surface area (Å²) in [6.07, 6.45) is 2.32. The van der Waals surface area contributed by atoms with Crippen molar-refractivity contribution in [3.05, 3.63) is 53.6 Å². The van der Waals surface area contributed by atoms with Crippen molar-refractivity contribution in [2.45, 2.75) is 24.3 Å². The van der Waals surface area contributed by atoms with Crippen LogP contribution in [0.5, 0.6) is 5.75 Å². The summed E-state index contributed by atoms with van der Waals surface area (Å²) in [4.78, 5) is 26.2. The predicted octanol–water partition coefficient (Wildman–Crippen LogP) is 2.51. The molecule has 1 saturated heterocycles. The zero-order chi connectivity index (χ0) is 25.4. The number of hydrogen-bond donors (Lipinski definition) is 2. The summed E-state index contributed by atoms with van der Waals surface area (Å²) in [6.45, 7) is 2.97. The number of carbonyl (C=O) groups excluding carboxylic acids is 2. The molecule has 190 valence electrons. The number of nitrogens with one attached hydrogen (secondary N) is 2. The van der Waals surface area contributed by atoms with Crippen molar-refractivity contribution >= 4 is 39.3 Å². The minimum absolute atomic E-state index is 0.135. The molecule has 2 N–H and O–H groups in total. The van der Waals surface area contributed by atoms with Gasteiger partial charge in [0.25, 0.3) is 5.91 Å². The summed E-state index contributed by atoms with van der Waals surface area (Å²) in [6, 6.07) is 10.7. The second kappa shape index (κ2) is 12.4. The molecule has 1 fully saturated rings. The Morgan fingerprint density at radius 2 is 1.89 bits per heavy atom. The number of amides is 2. The fourth-order valence-corrected chi connectivity index (χ4v) is 5.81. The number of aryl methyl sites for hydroxylation is 1. The second-order valence-electron chi connectivity index (χ2n) is 7.99. The number of methoxy groups -OCH3 is 1. The molecule has 0 spiro atoms. The van der Waals surface area contributed by atoms with Crippen molar-refractivity contribution in [3.8, 4) is 5.75 Å². The number of rotatable bonds is 10. The van der Waals surface area contributed by atoms with Crippen LogP contribution in [-0.2, 0) is 19.6 Å². The Labute approximate surface area is 210 Å². The maximum Gasteiger partial charge on any atom is 0.255 e. The van der Waals surface area contributed by atoms with Crippen LogP contribution in [0, 0.1) is 6.92 Å². The summed E-state index contributed by atoms with van der Waals surface area (Å²) in [7, 11) is -2.26. The fraction of sp³-hybridized carbons (Fsp3) is 0.417. The number of carbonyl (C=O) groups is 2. The molecule has 35 heavy (non-hydrogen) atoms. The lowest BCUT2D eigenvalue weighted by atomic mass is 10.1. The van der Waals surface area contributed by atoms with Crippen molar-refractivity contribution in [3.63, 3.8) is 0 Å². The number of benzene rings is 2. The van der Waals surface area contributed by atoms with Crippen molar-refractivity contribution in [1.29, 1.82) is 0 Å². The molecule has 1 heterocycles. The minimum Gasteiger partial charge on any atom is -0.496 e. The lowest BCUT2D eigenvalue weighted by Gasteiger charge is -2.27. The molecular weight excluding hydrogens is 490 g/mol. The van der Waals surface area contributed by atoms with Crippen LogP contribution >= 0.6 is 11.8 Å². The molecule has 0 unspecified atom stereocenters. The van der Waals surface area contributed by atoms with E-state index in [0.717, 1.165) is 0 Å². The fourth-order valence-electron chi connectivity index (χ4n) is 3.68. The van der Waals surface area contributed by atoms with Gasteiger partial charge in [-0.3, -0.25) is 9.59 Å². The van der Waals surface area contributed by atoms with E-state index in [4.69, 9.17) is 9.47 Å². The van der Waals surface area contributed by atoms with E-state index in [-0.39, 0.29) is 18.0 Å². The highest BCUT2D eigenvalue weighted by Gasteiger charge is 2.29. The van der Waals surface area contributed by atoms with Gasteiger partial charge in [-0.15, -0.1) is 0 Å². The van der Waals surface area contributed by atoms with Crippen molar-refractivity contribution in [2.75, 3.05) is 50.7 Å². The number of nitrogens with zero attached hydrogens (tertiary/aromatic N) is 1. The molecule has 0 radical (unpaired) electrons. The van der Waals surface area contributed by atoms with E-state index >= 15 is 0 Å². The van der Waals surface area contributed by atoms with Crippen LogP contribution in [0.1, 0.15) is 22.3 Å². The van der Waals surface area contributed by atoms with Gasteiger partial charge in [-0.05, 0) is 55.2 Å². The summed E-state index contributed by atoms with van der Waals surface area (Å²) >= 11 is 1.56. The molecule has 2 aromatic rings. The van der Waals surface area contributed by atoms with E-state index in [1.807, 2.05) is 6.26 Å². The van der Waals surface area contributed by atoms with Crippen molar-refractivity contribution in [2.24, 2.45) is 0 Å². The van der Waals surface area contributed by atoms with Crippen LogP contribution in [0.4, 0.5) is 5.69 Å². The van der Waals surface area contributed by atoms with Crippen LogP contribution in [0.15, 0.2) is 47.4 Å². The standard InChI is InChI=1S/C24H31N3O6S2/c1-17-8-9-18(16-22(17)35(30,31)27-11-13-33-14-12-27)25-24(29)20(10-15-34-3)26-23(28)19-6-4-5-7-21(19)32-2/h4-9,16,20H,10-15H2,1-3H3,(H,25,29)(H,26,28)/t20-/m0/s1. The first kappa shape index (κ1) is 27.0. The average molecular weight is 522 g/mol. The van der Waals surface area contributed by atoms with Gasteiger partial charge in [0.15, 0.2) is 0 Å². The van der Waals surface area contributed by atoms with Gasteiger partial charge >= 0.3 is 0 Å². The summed E-state index contributed by atoms with van der Waals surface area (Å²) in [5.74, 6) is 0.198.